The first kappa shape index (κ1) is 22.1. The highest BCUT2D eigenvalue weighted by molar-refractivity contribution is 5.91. The van der Waals surface area contributed by atoms with E-state index in [2.05, 4.69) is 0 Å². The number of hydrogen-bond donors (Lipinski definition) is 0. The van der Waals surface area contributed by atoms with Crippen molar-refractivity contribution in [3.63, 3.8) is 0 Å². The topological polar surface area (TPSA) is 57.7 Å². The summed E-state index contributed by atoms with van der Waals surface area (Å²) in [4.78, 5) is 16.6. The van der Waals surface area contributed by atoms with Crippen LogP contribution < -0.4 is 9.47 Å². The van der Waals surface area contributed by atoms with Crippen LogP contribution in [0.2, 0.25) is 0 Å². The molecule has 2 aliphatic rings. The number of esters is 1. The molecule has 0 saturated heterocycles. The average molecular weight is 460 g/mol. The summed E-state index contributed by atoms with van der Waals surface area (Å²) in [5, 5.41) is 0. The lowest BCUT2D eigenvalue weighted by atomic mass is 9.96. The quantitative estimate of drug-likeness (QED) is 0.338. The highest BCUT2D eigenvalue weighted by Gasteiger charge is 2.30. The maximum atomic E-state index is 14.4. The van der Waals surface area contributed by atoms with Gasteiger partial charge in [-0.3, -0.25) is 0 Å². The van der Waals surface area contributed by atoms with E-state index < -0.39 is 0 Å². The predicted octanol–water partition coefficient (Wildman–Crippen LogP) is 5.93. The van der Waals surface area contributed by atoms with Crippen LogP contribution in [-0.2, 0) is 16.0 Å². The smallest absolute Gasteiger partial charge is 0.330 e. The minimum atomic E-state index is -0.368. The standard InChI is InChI=1S/C28H26FNO4/c1-32-21-11-12-24(29)22(15-21)17-5-7-19(8-6-17)26-14-10-20-9-13-25(30-28(20)34-26)23(18-3-4-18)16-27(31)33-2/h5-9,11-13,15-16,18,26H,3-4,10,14H2,1-2H3/b23-16-. The summed E-state index contributed by atoms with van der Waals surface area (Å²) >= 11 is 0. The first-order valence-corrected chi connectivity index (χ1v) is 11.5. The van der Waals surface area contributed by atoms with Gasteiger partial charge in [0.2, 0.25) is 5.88 Å². The van der Waals surface area contributed by atoms with E-state index in [9.17, 15) is 9.18 Å². The Labute approximate surface area is 198 Å². The minimum Gasteiger partial charge on any atom is -0.497 e. The molecule has 0 amide bonds. The Hall–Kier alpha value is -3.67. The van der Waals surface area contributed by atoms with E-state index in [1.807, 2.05) is 36.4 Å². The molecule has 1 saturated carbocycles. The van der Waals surface area contributed by atoms with Gasteiger partial charge in [-0.15, -0.1) is 0 Å². The van der Waals surface area contributed by atoms with Gasteiger partial charge < -0.3 is 14.2 Å². The number of nitrogens with zero attached hydrogens (tertiary/aromatic N) is 1. The summed E-state index contributed by atoms with van der Waals surface area (Å²) in [7, 11) is 2.95. The number of rotatable bonds is 6. The van der Waals surface area contributed by atoms with E-state index in [4.69, 9.17) is 19.2 Å². The lowest BCUT2D eigenvalue weighted by molar-refractivity contribution is -0.134. The second-order valence-corrected chi connectivity index (χ2v) is 8.67. The van der Waals surface area contributed by atoms with Crippen molar-refractivity contribution in [3.8, 4) is 22.8 Å². The summed E-state index contributed by atoms with van der Waals surface area (Å²) in [5.41, 5.74) is 5.01. The molecule has 0 N–H and O–H groups in total. The number of pyridine rings is 1. The molecule has 0 bridgehead atoms. The van der Waals surface area contributed by atoms with Gasteiger partial charge in [0.1, 0.15) is 17.7 Å². The molecule has 2 heterocycles. The van der Waals surface area contributed by atoms with E-state index >= 15 is 0 Å². The van der Waals surface area contributed by atoms with Gasteiger partial charge in [0.25, 0.3) is 0 Å². The Morgan fingerprint density at radius 1 is 1.06 bits per heavy atom. The third kappa shape index (κ3) is 4.53. The largest absolute Gasteiger partial charge is 0.497 e. The predicted molar refractivity (Wildman–Crippen MR) is 127 cm³/mol. The number of allylic oxidation sites excluding steroid dienone is 1. The number of carbonyl (C=O) groups excluding carboxylic acids is 1. The Morgan fingerprint density at radius 2 is 1.85 bits per heavy atom. The van der Waals surface area contributed by atoms with Gasteiger partial charge in [0, 0.05) is 17.2 Å². The molecule has 6 heteroatoms. The normalized spacial score (nSPS) is 17.5. The average Bonchev–Trinajstić information content (AvgIpc) is 3.72. The molecule has 2 aromatic carbocycles. The minimum absolute atomic E-state index is 0.145. The molecule has 34 heavy (non-hydrogen) atoms. The fourth-order valence-corrected chi connectivity index (χ4v) is 4.35. The zero-order valence-corrected chi connectivity index (χ0v) is 19.2. The molecule has 5 nitrogen and oxygen atoms in total. The zero-order chi connectivity index (χ0) is 23.7. The van der Waals surface area contributed by atoms with E-state index in [-0.39, 0.29) is 17.9 Å². The maximum absolute atomic E-state index is 14.4. The van der Waals surface area contributed by atoms with Crippen molar-refractivity contribution >= 4 is 11.5 Å². The van der Waals surface area contributed by atoms with Crippen LogP contribution in [0.15, 0.2) is 60.7 Å². The molecule has 5 rings (SSSR count). The fourth-order valence-electron chi connectivity index (χ4n) is 4.35. The lowest BCUT2D eigenvalue weighted by Gasteiger charge is -2.26. The van der Waals surface area contributed by atoms with E-state index in [0.717, 1.165) is 53.6 Å². The fraction of sp³-hybridized carbons (Fsp3) is 0.286. The molecule has 3 aromatic rings. The molecule has 0 radical (unpaired) electrons. The van der Waals surface area contributed by atoms with E-state index in [0.29, 0.717) is 23.1 Å². The number of aromatic nitrogens is 1. The lowest BCUT2D eigenvalue weighted by Crippen LogP contribution is -2.17. The number of ether oxygens (including phenoxy) is 3. The molecule has 1 aromatic heterocycles. The van der Waals surface area contributed by atoms with Gasteiger partial charge in [-0.1, -0.05) is 30.3 Å². The number of hydrogen-bond acceptors (Lipinski definition) is 5. The second kappa shape index (κ2) is 9.29. The zero-order valence-electron chi connectivity index (χ0n) is 19.2. The Kier molecular flexibility index (Phi) is 6.05. The third-order valence-corrected chi connectivity index (χ3v) is 6.42. The number of fused-ring (bicyclic) bond motifs is 1. The van der Waals surface area contributed by atoms with Crippen LogP contribution >= 0.6 is 0 Å². The van der Waals surface area contributed by atoms with E-state index in [1.54, 1.807) is 25.3 Å². The monoisotopic (exact) mass is 459 g/mol. The Morgan fingerprint density at radius 3 is 2.56 bits per heavy atom. The maximum Gasteiger partial charge on any atom is 0.330 e. The third-order valence-electron chi connectivity index (χ3n) is 6.42. The Bertz CT molecular complexity index is 1250. The van der Waals surface area contributed by atoms with Gasteiger partial charge in [0.15, 0.2) is 0 Å². The highest BCUT2D eigenvalue weighted by Crippen LogP contribution is 2.43. The Balaban J connectivity index is 1.38. The molecule has 1 aliphatic carbocycles. The summed E-state index contributed by atoms with van der Waals surface area (Å²) in [5.74, 6) is 0.899. The van der Waals surface area contributed by atoms with Gasteiger partial charge in [-0.05, 0) is 72.6 Å². The summed E-state index contributed by atoms with van der Waals surface area (Å²) in [6.07, 6.45) is 5.17. The molecular weight excluding hydrogens is 433 g/mol. The van der Waals surface area contributed by atoms with Crippen LogP contribution in [-0.4, -0.2) is 25.2 Å². The van der Waals surface area contributed by atoms with E-state index in [1.165, 1.54) is 13.2 Å². The SMILES string of the molecule is COC(=O)/C=C(\c1ccc2c(n1)OC(c1ccc(-c3cc(OC)ccc3F)cc1)CC2)C1CC1. The van der Waals surface area contributed by atoms with Gasteiger partial charge in [0.05, 0.1) is 19.9 Å². The summed E-state index contributed by atoms with van der Waals surface area (Å²) < 4.78 is 30.7. The van der Waals surface area contributed by atoms with Crippen LogP contribution in [0.1, 0.15) is 42.2 Å². The van der Waals surface area contributed by atoms with Crippen LogP contribution in [0.5, 0.6) is 11.6 Å². The molecule has 0 spiro atoms. The van der Waals surface area contributed by atoms with Crippen LogP contribution in [0, 0.1) is 11.7 Å². The summed E-state index contributed by atoms with van der Waals surface area (Å²) in [6, 6.07) is 16.5. The van der Waals surface area contributed by atoms with Crippen molar-refractivity contribution in [2.45, 2.75) is 31.8 Å². The molecular formula is C28H26FNO4. The van der Waals surface area contributed by atoms with Crippen LogP contribution in [0.4, 0.5) is 4.39 Å². The first-order valence-electron chi connectivity index (χ1n) is 11.5. The van der Waals surface area contributed by atoms with Crippen molar-refractivity contribution in [1.29, 1.82) is 0 Å². The number of aryl methyl sites for hydroxylation is 1. The van der Waals surface area contributed by atoms with Crippen molar-refractivity contribution < 1.29 is 23.4 Å². The van der Waals surface area contributed by atoms with Gasteiger partial charge >= 0.3 is 5.97 Å². The van der Waals surface area contributed by atoms with Crippen molar-refractivity contribution in [3.05, 3.63) is 83.3 Å². The van der Waals surface area contributed by atoms with Gasteiger partial charge in [-0.25, -0.2) is 14.2 Å². The molecule has 1 atom stereocenters. The van der Waals surface area contributed by atoms with Crippen molar-refractivity contribution in [2.75, 3.05) is 14.2 Å². The number of methoxy groups -OCH3 is 2. The van der Waals surface area contributed by atoms with Crippen molar-refractivity contribution in [2.24, 2.45) is 5.92 Å². The van der Waals surface area contributed by atoms with Crippen LogP contribution in [0.25, 0.3) is 16.7 Å². The second-order valence-electron chi connectivity index (χ2n) is 8.67. The molecule has 1 aliphatic heterocycles. The number of halogens is 1. The number of carbonyl (C=O) groups is 1. The number of benzene rings is 2. The summed E-state index contributed by atoms with van der Waals surface area (Å²) in [6.45, 7) is 0. The first-order chi connectivity index (χ1) is 16.6. The molecule has 1 unspecified atom stereocenters. The molecule has 1 fully saturated rings. The van der Waals surface area contributed by atoms with Crippen molar-refractivity contribution in [1.82, 2.24) is 4.98 Å². The van der Waals surface area contributed by atoms with Gasteiger partial charge in [-0.2, -0.15) is 0 Å². The highest BCUT2D eigenvalue weighted by atomic mass is 19.1. The molecule has 174 valence electrons. The van der Waals surface area contributed by atoms with Crippen LogP contribution in [0.3, 0.4) is 0 Å².